The van der Waals surface area contributed by atoms with E-state index in [1.54, 1.807) is 22.9 Å². The Morgan fingerprint density at radius 1 is 1.59 bits per heavy atom. The fourth-order valence-electron chi connectivity index (χ4n) is 1.36. The molecule has 1 aromatic rings. The number of pyridine rings is 1. The van der Waals surface area contributed by atoms with Crippen LogP contribution in [-0.2, 0) is 6.54 Å². The van der Waals surface area contributed by atoms with Crippen LogP contribution in [0.2, 0.25) is 0 Å². The number of hydrogen-bond acceptors (Lipinski definition) is 3. The summed E-state index contributed by atoms with van der Waals surface area (Å²) in [5.41, 5.74) is 5.29. The maximum absolute atomic E-state index is 11.9. The Hall–Kier alpha value is -1.36. The van der Waals surface area contributed by atoms with E-state index in [9.17, 15) is 4.79 Å². The lowest BCUT2D eigenvalue weighted by atomic mass is 10.3. The van der Waals surface area contributed by atoms with Crippen LogP contribution in [0.25, 0.3) is 0 Å². The van der Waals surface area contributed by atoms with Gasteiger partial charge < -0.3 is 15.0 Å². The van der Waals surface area contributed by atoms with Crippen LogP contribution in [0.5, 0.6) is 5.75 Å². The highest BCUT2D eigenvalue weighted by Crippen LogP contribution is 2.03. The molecular weight excluding hydrogens is 236 g/mol. The third kappa shape index (κ3) is 4.56. The summed E-state index contributed by atoms with van der Waals surface area (Å²) in [7, 11) is 0. The molecule has 2 N–H and O–H groups in total. The van der Waals surface area contributed by atoms with Crippen LogP contribution in [-0.4, -0.2) is 16.2 Å². The van der Waals surface area contributed by atoms with Gasteiger partial charge in [0.25, 0.3) is 5.56 Å². The van der Waals surface area contributed by atoms with Gasteiger partial charge in [-0.15, -0.1) is 0 Å². The monoisotopic (exact) mass is 254 g/mol. The maximum atomic E-state index is 11.9. The van der Waals surface area contributed by atoms with E-state index in [1.165, 1.54) is 0 Å². The standard InChI is InChI=1S/C12H18N2O2S/c1-2-3-9-16-10-5-4-7-14(12(10)15)8-6-11(13)17/h4-5,7H,2-3,6,8-9H2,1H3,(H2,13,17). The van der Waals surface area contributed by atoms with E-state index < -0.39 is 0 Å². The summed E-state index contributed by atoms with van der Waals surface area (Å²) in [6.45, 7) is 3.15. The Balaban J connectivity index is 2.69. The van der Waals surface area contributed by atoms with Crippen molar-refractivity contribution in [1.82, 2.24) is 4.57 Å². The van der Waals surface area contributed by atoms with Crippen molar-refractivity contribution in [2.24, 2.45) is 5.73 Å². The van der Waals surface area contributed by atoms with Gasteiger partial charge in [0.05, 0.1) is 11.6 Å². The molecule has 0 aliphatic heterocycles. The number of aromatic nitrogens is 1. The summed E-state index contributed by atoms with van der Waals surface area (Å²) in [6, 6.07) is 3.48. The van der Waals surface area contributed by atoms with Gasteiger partial charge in [-0.25, -0.2) is 0 Å². The molecule has 5 heteroatoms. The molecule has 0 spiro atoms. The molecule has 0 saturated carbocycles. The third-order valence-corrected chi connectivity index (χ3v) is 2.54. The first-order chi connectivity index (χ1) is 8.15. The molecule has 0 radical (unpaired) electrons. The van der Waals surface area contributed by atoms with Crippen LogP contribution in [0.15, 0.2) is 23.1 Å². The average molecular weight is 254 g/mol. The first kappa shape index (κ1) is 13.7. The zero-order valence-corrected chi connectivity index (χ0v) is 10.8. The molecule has 1 aromatic heterocycles. The second-order valence-corrected chi connectivity index (χ2v) is 4.31. The summed E-state index contributed by atoms with van der Waals surface area (Å²) in [6.07, 6.45) is 4.23. The van der Waals surface area contributed by atoms with Crippen molar-refractivity contribution in [2.75, 3.05) is 6.61 Å². The van der Waals surface area contributed by atoms with Crippen molar-refractivity contribution in [2.45, 2.75) is 32.7 Å². The Bertz CT molecular complexity index is 429. The molecule has 94 valence electrons. The molecule has 17 heavy (non-hydrogen) atoms. The molecule has 0 unspecified atom stereocenters. The van der Waals surface area contributed by atoms with Gasteiger partial charge >= 0.3 is 0 Å². The van der Waals surface area contributed by atoms with Crippen LogP contribution in [0.1, 0.15) is 26.2 Å². The highest BCUT2D eigenvalue weighted by Gasteiger charge is 2.04. The molecule has 0 atom stereocenters. The van der Waals surface area contributed by atoms with Crippen molar-refractivity contribution in [3.63, 3.8) is 0 Å². The molecule has 0 fully saturated rings. The number of rotatable bonds is 7. The fourth-order valence-corrected chi connectivity index (χ4v) is 1.45. The number of nitrogens with zero attached hydrogens (tertiary/aromatic N) is 1. The zero-order valence-electron chi connectivity index (χ0n) is 10.0. The largest absolute Gasteiger partial charge is 0.488 e. The maximum Gasteiger partial charge on any atom is 0.292 e. The minimum absolute atomic E-state index is 0.125. The highest BCUT2D eigenvalue weighted by molar-refractivity contribution is 7.80. The topological polar surface area (TPSA) is 57.2 Å². The Labute approximate surface area is 106 Å². The lowest BCUT2D eigenvalue weighted by Crippen LogP contribution is -2.23. The van der Waals surface area contributed by atoms with Crippen LogP contribution >= 0.6 is 12.2 Å². The first-order valence-electron chi connectivity index (χ1n) is 5.75. The van der Waals surface area contributed by atoms with E-state index in [0.717, 1.165) is 12.8 Å². The van der Waals surface area contributed by atoms with Crippen LogP contribution < -0.4 is 16.0 Å². The number of unbranched alkanes of at least 4 members (excludes halogenated alkanes) is 1. The van der Waals surface area contributed by atoms with Crippen LogP contribution in [0.3, 0.4) is 0 Å². The molecule has 1 rings (SSSR count). The van der Waals surface area contributed by atoms with Gasteiger partial charge in [0.2, 0.25) is 0 Å². The van der Waals surface area contributed by atoms with E-state index in [0.29, 0.717) is 30.3 Å². The third-order valence-electron chi connectivity index (χ3n) is 2.34. The smallest absolute Gasteiger partial charge is 0.292 e. The van der Waals surface area contributed by atoms with Crippen molar-refractivity contribution in [1.29, 1.82) is 0 Å². The molecular formula is C12H18N2O2S. The molecule has 0 aliphatic carbocycles. The van der Waals surface area contributed by atoms with Crippen LogP contribution in [0.4, 0.5) is 0 Å². The van der Waals surface area contributed by atoms with Crippen molar-refractivity contribution in [3.8, 4) is 5.75 Å². The molecule has 0 aliphatic rings. The number of thiocarbonyl (C=S) groups is 1. The van der Waals surface area contributed by atoms with Crippen molar-refractivity contribution in [3.05, 3.63) is 28.7 Å². The van der Waals surface area contributed by atoms with Gasteiger partial charge in [0, 0.05) is 19.2 Å². The number of ether oxygens (including phenoxy) is 1. The van der Waals surface area contributed by atoms with E-state index in [2.05, 4.69) is 6.92 Å². The predicted molar refractivity (Wildman–Crippen MR) is 72.5 cm³/mol. The second-order valence-electron chi connectivity index (χ2n) is 3.79. The summed E-state index contributed by atoms with van der Waals surface area (Å²) >= 11 is 4.79. The lowest BCUT2D eigenvalue weighted by Gasteiger charge is -2.08. The Morgan fingerprint density at radius 2 is 2.35 bits per heavy atom. The lowest BCUT2D eigenvalue weighted by molar-refractivity contribution is 0.302. The number of aryl methyl sites for hydroxylation is 1. The summed E-state index contributed by atoms with van der Waals surface area (Å²) < 4.78 is 7.00. The molecule has 4 nitrogen and oxygen atoms in total. The van der Waals surface area contributed by atoms with E-state index in [4.69, 9.17) is 22.7 Å². The van der Waals surface area contributed by atoms with Crippen molar-refractivity contribution >= 4 is 17.2 Å². The highest BCUT2D eigenvalue weighted by atomic mass is 32.1. The molecule has 0 amide bonds. The van der Waals surface area contributed by atoms with E-state index in [1.807, 2.05) is 0 Å². The second kappa shape index (κ2) is 7.06. The average Bonchev–Trinajstić information content (AvgIpc) is 2.30. The van der Waals surface area contributed by atoms with Gasteiger partial charge in [-0.3, -0.25) is 4.79 Å². The van der Waals surface area contributed by atoms with E-state index >= 15 is 0 Å². The van der Waals surface area contributed by atoms with Crippen molar-refractivity contribution < 1.29 is 4.74 Å². The Kier molecular flexibility index (Phi) is 5.69. The first-order valence-corrected chi connectivity index (χ1v) is 6.16. The number of nitrogens with two attached hydrogens (primary N) is 1. The molecule has 0 aromatic carbocycles. The van der Waals surface area contributed by atoms with Crippen LogP contribution in [0, 0.1) is 0 Å². The summed E-state index contributed by atoms with van der Waals surface area (Å²) in [5, 5.41) is 0. The fraction of sp³-hybridized carbons (Fsp3) is 0.500. The van der Waals surface area contributed by atoms with Gasteiger partial charge in [-0.05, 0) is 18.6 Å². The quantitative estimate of drug-likeness (QED) is 0.594. The Morgan fingerprint density at radius 3 is 3.00 bits per heavy atom. The number of hydrogen-bond donors (Lipinski definition) is 1. The SMILES string of the molecule is CCCCOc1cccn(CCC(N)=S)c1=O. The molecule has 0 saturated heterocycles. The zero-order chi connectivity index (χ0) is 12.7. The minimum Gasteiger partial charge on any atom is -0.488 e. The summed E-state index contributed by atoms with van der Waals surface area (Å²) in [4.78, 5) is 12.3. The van der Waals surface area contributed by atoms with Gasteiger partial charge in [-0.2, -0.15) is 0 Å². The molecule has 0 bridgehead atoms. The van der Waals surface area contributed by atoms with Gasteiger partial charge in [0.1, 0.15) is 0 Å². The minimum atomic E-state index is -0.125. The van der Waals surface area contributed by atoms with E-state index in [-0.39, 0.29) is 5.56 Å². The molecule has 1 heterocycles. The normalized spacial score (nSPS) is 10.2. The van der Waals surface area contributed by atoms with Gasteiger partial charge in [-0.1, -0.05) is 25.6 Å². The summed E-state index contributed by atoms with van der Waals surface area (Å²) in [5.74, 6) is 0.392. The predicted octanol–water partition coefficient (Wildman–Crippen LogP) is 1.70. The van der Waals surface area contributed by atoms with Gasteiger partial charge in [0.15, 0.2) is 5.75 Å².